The van der Waals surface area contributed by atoms with E-state index in [1.54, 1.807) is 18.4 Å². The van der Waals surface area contributed by atoms with Crippen LogP contribution in [0.5, 0.6) is 0 Å². The maximum Gasteiger partial charge on any atom is 0.123 e. The van der Waals surface area contributed by atoms with E-state index in [1.807, 2.05) is 24.3 Å². The van der Waals surface area contributed by atoms with E-state index in [0.717, 1.165) is 15.2 Å². The number of hydrogen-bond donors (Lipinski definition) is 1. The quantitative estimate of drug-likeness (QED) is 0.865. The van der Waals surface area contributed by atoms with Gasteiger partial charge in [-0.1, -0.05) is 12.1 Å². The third kappa shape index (κ3) is 2.17. The van der Waals surface area contributed by atoms with E-state index >= 15 is 0 Å². The summed E-state index contributed by atoms with van der Waals surface area (Å²) in [5, 5.41) is 9.84. The van der Waals surface area contributed by atoms with E-state index in [0.29, 0.717) is 6.42 Å². The lowest BCUT2D eigenvalue weighted by Crippen LogP contribution is -2.02. The van der Waals surface area contributed by atoms with Gasteiger partial charge in [-0.25, -0.2) is 4.98 Å². The molecule has 2 aromatic rings. The lowest BCUT2D eigenvalue weighted by atomic mass is 10.3. The Morgan fingerprint density at radius 2 is 2.27 bits per heavy atom. The van der Waals surface area contributed by atoms with Gasteiger partial charge < -0.3 is 9.84 Å². The Bertz CT molecular complexity index is 408. The van der Waals surface area contributed by atoms with Gasteiger partial charge in [-0.2, -0.15) is 0 Å². The fourth-order valence-corrected chi connectivity index (χ4v) is 2.57. The van der Waals surface area contributed by atoms with Gasteiger partial charge in [0.05, 0.1) is 10.2 Å². The summed E-state index contributed by atoms with van der Waals surface area (Å²) in [7, 11) is 1.65. The second kappa shape index (κ2) is 4.70. The summed E-state index contributed by atoms with van der Waals surface area (Å²) >= 11 is 1.62. The molecule has 0 bridgehead atoms. The molecule has 0 amide bonds. The summed E-state index contributed by atoms with van der Waals surface area (Å²) in [5.74, 6) is 0. The highest BCUT2D eigenvalue weighted by Gasteiger charge is 2.14. The fourth-order valence-electron chi connectivity index (χ4n) is 1.49. The number of fused-ring (bicyclic) bond motifs is 1. The Morgan fingerprint density at radius 1 is 1.47 bits per heavy atom. The molecule has 0 aliphatic rings. The number of hydrogen-bond acceptors (Lipinski definition) is 4. The van der Waals surface area contributed by atoms with Crippen molar-refractivity contribution in [3.8, 4) is 0 Å². The van der Waals surface area contributed by atoms with E-state index in [9.17, 15) is 0 Å². The molecule has 1 aromatic heterocycles. The number of ether oxygens (including phenoxy) is 1. The number of rotatable bonds is 4. The summed E-state index contributed by atoms with van der Waals surface area (Å²) in [4.78, 5) is 4.48. The SMILES string of the molecule is CO[C@H](CCO)c1nc2ccccc2s1. The van der Waals surface area contributed by atoms with E-state index in [-0.39, 0.29) is 12.7 Å². The number of aliphatic hydroxyl groups excluding tert-OH is 1. The topological polar surface area (TPSA) is 42.4 Å². The maximum absolute atomic E-state index is 8.90. The molecule has 80 valence electrons. The van der Waals surface area contributed by atoms with Crippen LogP contribution >= 0.6 is 11.3 Å². The molecule has 0 radical (unpaired) electrons. The molecule has 0 aliphatic heterocycles. The summed E-state index contributed by atoms with van der Waals surface area (Å²) in [5.41, 5.74) is 0.998. The van der Waals surface area contributed by atoms with Crippen molar-refractivity contribution in [1.82, 2.24) is 4.98 Å². The van der Waals surface area contributed by atoms with Crippen molar-refractivity contribution in [2.75, 3.05) is 13.7 Å². The summed E-state index contributed by atoms with van der Waals surface area (Å²) in [6.45, 7) is 0.119. The number of benzene rings is 1. The Kier molecular flexibility index (Phi) is 3.30. The molecule has 4 heteroatoms. The molecular weight excluding hydrogens is 210 g/mol. The van der Waals surface area contributed by atoms with Crippen molar-refractivity contribution < 1.29 is 9.84 Å². The predicted molar refractivity (Wildman–Crippen MR) is 61.1 cm³/mol. The average molecular weight is 223 g/mol. The third-order valence-corrected chi connectivity index (χ3v) is 3.39. The fraction of sp³-hybridized carbons (Fsp3) is 0.364. The van der Waals surface area contributed by atoms with E-state index in [4.69, 9.17) is 9.84 Å². The van der Waals surface area contributed by atoms with Crippen molar-refractivity contribution in [3.63, 3.8) is 0 Å². The molecule has 0 saturated carbocycles. The molecule has 1 N–H and O–H groups in total. The molecule has 1 aromatic carbocycles. The van der Waals surface area contributed by atoms with Gasteiger partial charge in [0, 0.05) is 20.1 Å². The van der Waals surface area contributed by atoms with Crippen molar-refractivity contribution in [2.45, 2.75) is 12.5 Å². The number of nitrogens with zero attached hydrogens (tertiary/aromatic N) is 1. The molecule has 0 aliphatic carbocycles. The van der Waals surface area contributed by atoms with Crippen LogP contribution in [0.4, 0.5) is 0 Å². The van der Waals surface area contributed by atoms with Crippen LogP contribution in [-0.2, 0) is 4.74 Å². The van der Waals surface area contributed by atoms with Crippen molar-refractivity contribution >= 4 is 21.6 Å². The molecular formula is C11H13NO2S. The second-order valence-corrected chi connectivity index (χ2v) is 4.32. The van der Waals surface area contributed by atoms with Crippen LogP contribution in [-0.4, -0.2) is 23.8 Å². The van der Waals surface area contributed by atoms with Gasteiger partial charge in [-0.3, -0.25) is 0 Å². The summed E-state index contributed by atoms with van der Waals surface area (Å²) < 4.78 is 6.45. The molecule has 0 spiro atoms. The zero-order valence-corrected chi connectivity index (χ0v) is 9.33. The van der Waals surface area contributed by atoms with Crippen molar-refractivity contribution in [2.24, 2.45) is 0 Å². The number of para-hydroxylation sites is 1. The summed E-state index contributed by atoms with van der Waals surface area (Å²) in [6, 6.07) is 8.00. The van der Waals surface area contributed by atoms with Crippen LogP contribution in [0.2, 0.25) is 0 Å². The number of thiazole rings is 1. The van der Waals surface area contributed by atoms with Crippen molar-refractivity contribution in [1.29, 1.82) is 0 Å². The first-order valence-corrected chi connectivity index (χ1v) is 5.66. The van der Waals surface area contributed by atoms with Crippen LogP contribution in [0.25, 0.3) is 10.2 Å². The van der Waals surface area contributed by atoms with Crippen LogP contribution in [0.3, 0.4) is 0 Å². The Hall–Kier alpha value is -0.970. The highest BCUT2D eigenvalue weighted by atomic mass is 32.1. The summed E-state index contributed by atoms with van der Waals surface area (Å²) in [6.07, 6.45) is 0.503. The first kappa shape index (κ1) is 10.5. The minimum absolute atomic E-state index is 0.0904. The first-order chi connectivity index (χ1) is 7.35. The molecule has 0 fully saturated rings. The largest absolute Gasteiger partial charge is 0.396 e. The zero-order valence-electron chi connectivity index (χ0n) is 8.51. The van der Waals surface area contributed by atoms with Crippen LogP contribution in [0.15, 0.2) is 24.3 Å². The normalized spacial score (nSPS) is 13.2. The highest BCUT2D eigenvalue weighted by Crippen LogP contribution is 2.29. The molecule has 0 unspecified atom stereocenters. The zero-order chi connectivity index (χ0) is 10.7. The number of aromatic nitrogens is 1. The number of methoxy groups -OCH3 is 1. The van der Waals surface area contributed by atoms with Gasteiger partial charge in [-0.05, 0) is 12.1 Å². The van der Waals surface area contributed by atoms with E-state index < -0.39 is 0 Å². The minimum Gasteiger partial charge on any atom is -0.396 e. The molecule has 1 heterocycles. The van der Waals surface area contributed by atoms with Crippen molar-refractivity contribution in [3.05, 3.63) is 29.3 Å². The van der Waals surface area contributed by atoms with E-state index in [2.05, 4.69) is 4.98 Å². The Labute approximate surface area is 92.3 Å². The minimum atomic E-state index is -0.0904. The highest BCUT2D eigenvalue weighted by molar-refractivity contribution is 7.18. The lowest BCUT2D eigenvalue weighted by Gasteiger charge is -2.09. The molecule has 15 heavy (non-hydrogen) atoms. The van der Waals surface area contributed by atoms with Gasteiger partial charge in [-0.15, -0.1) is 11.3 Å². The van der Waals surface area contributed by atoms with E-state index in [1.165, 1.54) is 0 Å². The first-order valence-electron chi connectivity index (χ1n) is 4.84. The van der Waals surface area contributed by atoms with Crippen LogP contribution < -0.4 is 0 Å². The van der Waals surface area contributed by atoms with Gasteiger partial charge in [0.2, 0.25) is 0 Å². The third-order valence-electron chi connectivity index (χ3n) is 2.26. The molecule has 1 atom stereocenters. The maximum atomic E-state index is 8.90. The molecule has 3 nitrogen and oxygen atoms in total. The van der Waals surface area contributed by atoms with Gasteiger partial charge in [0.1, 0.15) is 11.1 Å². The van der Waals surface area contributed by atoms with Crippen LogP contribution in [0, 0.1) is 0 Å². The number of aliphatic hydroxyl groups is 1. The molecule has 2 rings (SSSR count). The lowest BCUT2D eigenvalue weighted by molar-refractivity contribution is 0.0775. The monoisotopic (exact) mass is 223 g/mol. The van der Waals surface area contributed by atoms with Crippen LogP contribution in [0.1, 0.15) is 17.5 Å². The predicted octanol–water partition coefficient (Wildman–Crippen LogP) is 2.37. The standard InChI is InChI=1S/C11H13NO2S/c1-14-9(6-7-13)11-12-8-4-2-3-5-10(8)15-11/h2-5,9,13H,6-7H2,1H3/t9-/m1/s1. The van der Waals surface area contributed by atoms with Gasteiger partial charge in [0.25, 0.3) is 0 Å². The molecule has 0 saturated heterocycles. The second-order valence-electron chi connectivity index (χ2n) is 3.26. The smallest absolute Gasteiger partial charge is 0.123 e. The Balaban J connectivity index is 2.34. The van der Waals surface area contributed by atoms with Gasteiger partial charge >= 0.3 is 0 Å². The average Bonchev–Trinajstić information content (AvgIpc) is 2.69. The van der Waals surface area contributed by atoms with Gasteiger partial charge in [0.15, 0.2) is 0 Å². The Morgan fingerprint density at radius 3 is 2.93 bits per heavy atom.